The highest BCUT2D eigenvalue weighted by Crippen LogP contribution is 2.31. The maximum atomic E-state index is 12.0. The van der Waals surface area contributed by atoms with Crippen LogP contribution in [0.3, 0.4) is 0 Å². The zero-order valence-electron chi connectivity index (χ0n) is 6.31. The number of alkyl halides is 3. The lowest BCUT2D eigenvalue weighted by Gasteiger charge is -2.07. The van der Waals surface area contributed by atoms with Crippen LogP contribution in [0.15, 0.2) is 18.2 Å². The molecular weight excluding hydrogens is 169 g/mol. The van der Waals surface area contributed by atoms with E-state index in [0.717, 1.165) is 6.07 Å². The molecule has 0 saturated heterocycles. The lowest BCUT2D eigenvalue weighted by molar-refractivity contribution is -0.137. The highest BCUT2D eigenvalue weighted by molar-refractivity contribution is 5.34. The summed E-state index contributed by atoms with van der Waals surface area (Å²) in [6, 6.07) is 2.96. The molecule has 1 rings (SSSR count). The van der Waals surface area contributed by atoms with Crippen LogP contribution in [0.2, 0.25) is 0 Å². The first kappa shape index (κ1) is 8.90. The van der Waals surface area contributed by atoms with Gasteiger partial charge in [-0.2, -0.15) is 13.2 Å². The predicted molar refractivity (Wildman–Crippen MR) is 37.8 cm³/mol. The van der Waals surface area contributed by atoms with Crippen LogP contribution in [-0.2, 0) is 6.18 Å². The lowest BCUT2D eigenvalue weighted by Crippen LogP contribution is -2.04. The Morgan fingerprint density at radius 2 is 1.75 bits per heavy atom. The van der Waals surface area contributed by atoms with Crippen molar-refractivity contribution >= 4 is 0 Å². The number of hydrogen-bond acceptors (Lipinski definition) is 1. The van der Waals surface area contributed by atoms with E-state index in [2.05, 4.69) is 0 Å². The molecule has 0 aromatic heterocycles. The number of phenolic OH excluding ortho intramolecular Hbond substituents is 1. The third-order valence-corrected chi connectivity index (χ3v) is 1.39. The SMILES string of the molecule is Cc1cc(O)cc(C(F)(F)F)c1. The molecule has 0 fully saturated rings. The minimum Gasteiger partial charge on any atom is -0.508 e. The summed E-state index contributed by atoms with van der Waals surface area (Å²) in [5, 5.41) is 8.86. The maximum absolute atomic E-state index is 12.0. The molecule has 0 spiro atoms. The van der Waals surface area contributed by atoms with E-state index in [-0.39, 0.29) is 5.75 Å². The van der Waals surface area contributed by atoms with Crippen LogP contribution >= 0.6 is 0 Å². The summed E-state index contributed by atoms with van der Waals surface area (Å²) in [4.78, 5) is 0. The summed E-state index contributed by atoms with van der Waals surface area (Å²) < 4.78 is 36.1. The van der Waals surface area contributed by atoms with E-state index in [9.17, 15) is 13.2 Å². The van der Waals surface area contributed by atoms with Crippen molar-refractivity contribution in [3.63, 3.8) is 0 Å². The second-order valence-corrected chi connectivity index (χ2v) is 2.55. The molecule has 0 saturated carbocycles. The summed E-state index contributed by atoms with van der Waals surface area (Å²) in [6.45, 7) is 1.50. The van der Waals surface area contributed by atoms with Gasteiger partial charge in [0.2, 0.25) is 0 Å². The minimum atomic E-state index is -4.39. The molecule has 0 aliphatic rings. The van der Waals surface area contributed by atoms with Crippen LogP contribution in [0.4, 0.5) is 13.2 Å². The van der Waals surface area contributed by atoms with E-state index < -0.39 is 11.7 Å². The fourth-order valence-corrected chi connectivity index (χ4v) is 0.927. The molecule has 0 amide bonds. The van der Waals surface area contributed by atoms with Crippen molar-refractivity contribution in [3.05, 3.63) is 29.3 Å². The summed E-state index contributed by atoms with van der Waals surface area (Å²) >= 11 is 0. The number of benzene rings is 1. The molecule has 0 aliphatic carbocycles. The zero-order chi connectivity index (χ0) is 9.35. The molecule has 1 aromatic carbocycles. The first-order valence-electron chi connectivity index (χ1n) is 3.27. The quantitative estimate of drug-likeness (QED) is 0.644. The molecule has 1 aromatic rings. The van der Waals surface area contributed by atoms with Gasteiger partial charge in [-0.1, -0.05) is 0 Å². The standard InChI is InChI=1S/C8H7F3O/c1-5-2-6(8(9,10)11)4-7(12)3-5/h2-4,12H,1H3. The van der Waals surface area contributed by atoms with Crippen LogP contribution in [-0.4, -0.2) is 5.11 Å². The fraction of sp³-hybridized carbons (Fsp3) is 0.250. The first-order valence-corrected chi connectivity index (χ1v) is 3.27. The Kier molecular flexibility index (Phi) is 2.00. The Bertz CT molecular complexity index is 271. The number of rotatable bonds is 0. The average molecular weight is 176 g/mol. The number of aryl methyl sites for hydroxylation is 1. The average Bonchev–Trinajstić information content (AvgIpc) is 1.82. The van der Waals surface area contributed by atoms with Gasteiger partial charge >= 0.3 is 6.18 Å². The van der Waals surface area contributed by atoms with Gasteiger partial charge in [0, 0.05) is 0 Å². The molecule has 12 heavy (non-hydrogen) atoms. The van der Waals surface area contributed by atoms with E-state index >= 15 is 0 Å². The van der Waals surface area contributed by atoms with Gasteiger partial charge in [0.15, 0.2) is 0 Å². The van der Waals surface area contributed by atoms with Crippen LogP contribution < -0.4 is 0 Å². The van der Waals surface area contributed by atoms with Crippen LogP contribution in [0.1, 0.15) is 11.1 Å². The van der Waals surface area contributed by atoms with Gasteiger partial charge in [0.1, 0.15) is 5.75 Å². The van der Waals surface area contributed by atoms with Gasteiger partial charge in [-0.25, -0.2) is 0 Å². The Labute approximate surface area is 67.5 Å². The van der Waals surface area contributed by atoms with Crippen molar-refractivity contribution in [1.82, 2.24) is 0 Å². The van der Waals surface area contributed by atoms with Crippen molar-refractivity contribution < 1.29 is 18.3 Å². The monoisotopic (exact) mass is 176 g/mol. The first-order chi connectivity index (χ1) is 5.39. The number of halogens is 3. The van der Waals surface area contributed by atoms with E-state index in [1.807, 2.05) is 0 Å². The Morgan fingerprint density at radius 3 is 2.17 bits per heavy atom. The highest BCUT2D eigenvalue weighted by atomic mass is 19.4. The second-order valence-electron chi connectivity index (χ2n) is 2.55. The highest BCUT2D eigenvalue weighted by Gasteiger charge is 2.30. The van der Waals surface area contributed by atoms with Crippen LogP contribution in [0.25, 0.3) is 0 Å². The third kappa shape index (κ3) is 1.90. The molecule has 66 valence electrons. The van der Waals surface area contributed by atoms with Gasteiger partial charge in [-0.05, 0) is 30.7 Å². The Balaban J connectivity index is 3.18. The normalized spacial score (nSPS) is 11.7. The molecule has 1 N–H and O–H groups in total. The summed E-state index contributed by atoms with van der Waals surface area (Å²) in [6.07, 6.45) is -4.39. The van der Waals surface area contributed by atoms with Gasteiger partial charge in [0.25, 0.3) is 0 Å². The Hall–Kier alpha value is -1.19. The molecule has 1 nitrogen and oxygen atoms in total. The van der Waals surface area contributed by atoms with Gasteiger partial charge < -0.3 is 5.11 Å². The van der Waals surface area contributed by atoms with Crippen molar-refractivity contribution in [3.8, 4) is 5.75 Å². The molecular formula is C8H7F3O. The molecule has 0 radical (unpaired) electrons. The minimum absolute atomic E-state index is 0.359. The molecule has 0 heterocycles. The van der Waals surface area contributed by atoms with E-state index in [1.54, 1.807) is 0 Å². The number of phenols is 1. The zero-order valence-corrected chi connectivity index (χ0v) is 6.31. The van der Waals surface area contributed by atoms with Crippen molar-refractivity contribution in [2.24, 2.45) is 0 Å². The van der Waals surface area contributed by atoms with Crippen molar-refractivity contribution in [1.29, 1.82) is 0 Å². The molecule has 4 heteroatoms. The van der Waals surface area contributed by atoms with E-state index in [4.69, 9.17) is 5.11 Å². The van der Waals surface area contributed by atoms with Gasteiger partial charge in [0.05, 0.1) is 5.56 Å². The molecule has 0 unspecified atom stereocenters. The van der Waals surface area contributed by atoms with Crippen LogP contribution in [0.5, 0.6) is 5.75 Å². The predicted octanol–water partition coefficient (Wildman–Crippen LogP) is 2.72. The van der Waals surface area contributed by atoms with Crippen LogP contribution in [0, 0.1) is 6.92 Å². The summed E-state index contributed by atoms with van der Waals surface area (Å²) in [5.41, 5.74) is -0.428. The van der Waals surface area contributed by atoms with E-state index in [0.29, 0.717) is 11.6 Å². The molecule has 0 bridgehead atoms. The number of hydrogen-bond donors (Lipinski definition) is 1. The largest absolute Gasteiger partial charge is 0.508 e. The molecule has 0 aliphatic heterocycles. The molecule has 0 atom stereocenters. The fourth-order valence-electron chi connectivity index (χ4n) is 0.927. The summed E-state index contributed by atoms with van der Waals surface area (Å²) in [5.74, 6) is -0.359. The summed E-state index contributed by atoms with van der Waals surface area (Å²) in [7, 11) is 0. The smallest absolute Gasteiger partial charge is 0.416 e. The maximum Gasteiger partial charge on any atom is 0.416 e. The van der Waals surface area contributed by atoms with Crippen molar-refractivity contribution in [2.75, 3.05) is 0 Å². The lowest BCUT2D eigenvalue weighted by atomic mass is 10.1. The van der Waals surface area contributed by atoms with Gasteiger partial charge in [-0.3, -0.25) is 0 Å². The third-order valence-electron chi connectivity index (χ3n) is 1.39. The van der Waals surface area contributed by atoms with E-state index in [1.165, 1.54) is 13.0 Å². The Morgan fingerprint density at radius 1 is 1.17 bits per heavy atom. The second kappa shape index (κ2) is 2.69. The van der Waals surface area contributed by atoms with Gasteiger partial charge in [-0.15, -0.1) is 0 Å². The van der Waals surface area contributed by atoms with Crippen molar-refractivity contribution in [2.45, 2.75) is 13.1 Å². The number of aromatic hydroxyl groups is 1. The topological polar surface area (TPSA) is 20.2 Å².